The zero-order valence-corrected chi connectivity index (χ0v) is 17.6. The summed E-state index contributed by atoms with van der Waals surface area (Å²) in [6.07, 6.45) is -1.04. The maximum Gasteiger partial charge on any atom is 0.280 e. The summed E-state index contributed by atoms with van der Waals surface area (Å²) in [6, 6.07) is 15.3. The second-order valence-electron chi connectivity index (χ2n) is 7.43. The van der Waals surface area contributed by atoms with Gasteiger partial charge >= 0.3 is 0 Å². The van der Waals surface area contributed by atoms with Gasteiger partial charge in [-0.15, -0.1) is 16.4 Å². The van der Waals surface area contributed by atoms with Crippen LogP contribution in [0.1, 0.15) is 23.5 Å². The van der Waals surface area contributed by atoms with E-state index in [9.17, 15) is 8.78 Å². The van der Waals surface area contributed by atoms with Crippen LogP contribution >= 0.6 is 11.3 Å². The Morgan fingerprint density at radius 2 is 1.94 bits per heavy atom. The molecule has 4 heterocycles. The predicted molar refractivity (Wildman–Crippen MR) is 119 cm³/mol. The normalized spacial score (nSPS) is 12.0. The van der Waals surface area contributed by atoms with Gasteiger partial charge in [-0.1, -0.05) is 36.4 Å². The Balaban J connectivity index is 1.41. The monoisotopic (exact) mass is 447 g/mol. The molecule has 158 valence electrons. The van der Waals surface area contributed by atoms with Crippen molar-refractivity contribution >= 4 is 48.2 Å². The Bertz CT molecular complexity index is 1640. The minimum Gasteiger partial charge on any atom is -0.485 e. The van der Waals surface area contributed by atoms with Gasteiger partial charge in [0.2, 0.25) is 0 Å². The lowest BCUT2D eigenvalue weighted by molar-refractivity contribution is 0.146. The summed E-state index contributed by atoms with van der Waals surface area (Å²) in [4.78, 5) is 13.8. The lowest BCUT2D eigenvalue weighted by Crippen LogP contribution is -1.98. The van der Waals surface area contributed by atoms with Crippen molar-refractivity contribution < 1.29 is 13.5 Å². The van der Waals surface area contributed by atoms with E-state index in [0.717, 1.165) is 26.6 Å². The minimum absolute atomic E-state index is 0.189. The van der Waals surface area contributed by atoms with E-state index in [2.05, 4.69) is 20.1 Å². The third-order valence-electron chi connectivity index (χ3n) is 5.36. The Morgan fingerprint density at radius 3 is 2.81 bits per heavy atom. The smallest absolute Gasteiger partial charge is 0.280 e. The number of alkyl halides is 2. The van der Waals surface area contributed by atoms with E-state index in [-0.39, 0.29) is 12.3 Å². The highest BCUT2D eigenvalue weighted by Gasteiger charge is 2.19. The Morgan fingerprint density at radius 1 is 1.09 bits per heavy atom. The molecule has 0 spiro atoms. The van der Waals surface area contributed by atoms with Crippen molar-refractivity contribution in [2.45, 2.75) is 20.0 Å². The van der Waals surface area contributed by atoms with E-state index in [1.165, 1.54) is 17.4 Å². The molecule has 0 saturated heterocycles. The van der Waals surface area contributed by atoms with Crippen LogP contribution in [-0.4, -0.2) is 24.6 Å². The highest BCUT2D eigenvalue weighted by atomic mass is 32.1. The molecule has 0 bridgehead atoms. The van der Waals surface area contributed by atoms with Gasteiger partial charge in [-0.25, -0.2) is 28.2 Å². The average Bonchev–Trinajstić information content (AvgIpc) is 3.38. The molecular formula is C23H15F2N5OS. The number of hydrogen-bond acceptors (Lipinski definition) is 6. The number of ether oxygens (including phenoxy) is 1. The molecule has 2 aromatic carbocycles. The van der Waals surface area contributed by atoms with Gasteiger partial charge < -0.3 is 4.74 Å². The number of benzene rings is 2. The van der Waals surface area contributed by atoms with Crippen LogP contribution in [0.4, 0.5) is 8.78 Å². The number of nitrogens with zero attached hydrogens (tertiary/aromatic N) is 5. The molecular weight excluding hydrogens is 432 g/mol. The number of aromatic nitrogens is 5. The van der Waals surface area contributed by atoms with Crippen LogP contribution in [0, 0.1) is 6.92 Å². The lowest BCUT2D eigenvalue weighted by atomic mass is 10.1. The average molecular weight is 447 g/mol. The summed E-state index contributed by atoms with van der Waals surface area (Å²) in [5, 5.41) is 7.36. The molecule has 4 aromatic heterocycles. The van der Waals surface area contributed by atoms with Crippen molar-refractivity contribution in [1.82, 2.24) is 24.6 Å². The summed E-state index contributed by atoms with van der Waals surface area (Å²) in [5.41, 5.74) is 1.78. The Kier molecular flexibility index (Phi) is 4.25. The number of aryl methyl sites for hydroxylation is 1. The van der Waals surface area contributed by atoms with E-state index in [0.29, 0.717) is 27.4 Å². The van der Waals surface area contributed by atoms with Crippen LogP contribution in [0.15, 0.2) is 54.9 Å². The van der Waals surface area contributed by atoms with E-state index in [4.69, 9.17) is 4.74 Å². The number of pyridine rings is 1. The molecule has 0 aliphatic heterocycles. The fourth-order valence-electron chi connectivity index (χ4n) is 3.92. The van der Waals surface area contributed by atoms with Gasteiger partial charge in [0, 0.05) is 10.8 Å². The number of rotatable bonds is 4. The molecule has 0 aliphatic carbocycles. The molecule has 0 fully saturated rings. The first kappa shape index (κ1) is 19.0. The Hall–Kier alpha value is -3.72. The largest absolute Gasteiger partial charge is 0.485 e. The fraction of sp³-hybridized carbons (Fsp3) is 0.130. The standard InChI is InChI=1S/C23H15F2N5OS/c1-12-9-15(21(24)25)27-23-18(12)19-20(32-23)22-28-17(29-30(22)11-26-19)10-31-16-8-4-6-13-5-2-3-7-14(13)16/h2-9,11,21H,10H2,1H3. The zero-order valence-electron chi connectivity index (χ0n) is 16.8. The summed E-state index contributed by atoms with van der Waals surface area (Å²) in [5.74, 6) is 1.26. The summed E-state index contributed by atoms with van der Waals surface area (Å²) in [6.45, 7) is 1.98. The van der Waals surface area contributed by atoms with Crippen LogP contribution in [0.5, 0.6) is 5.75 Å². The number of thiophene rings is 1. The third-order valence-corrected chi connectivity index (χ3v) is 6.43. The molecule has 6 nitrogen and oxygen atoms in total. The Labute approximate surface area is 184 Å². The third kappa shape index (κ3) is 2.96. The topological polar surface area (TPSA) is 65.2 Å². The summed E-state index contributed by atoms with van der Waals surface area (Å²) in [7, 11) is 0. The van der Waals surface area contributed by atoms with Crippen LogP contribution in [-0.2, 0) is 6.61 Å². The summed E-state index contributed by atoms with van der Waals surface area (Å²) >= 11 is 1.30. The first-order valence-electron chi connectivity index (χ1n) is 9.91. The second kappa shape index (κ2) is 7.16. The zero-order chi connectivity index (χ0) is 21.8. The van der Waals surface area contributed by atoms with Crippen molar-refractivity contribution in [3.05, 3.63) is 71.9 Å². The minimum atomic E-state index is -2.62. The molecule has 32 heavy (non-hydrogen) atoms. The SMILES string of the molecule is Cc1cc(C(F)F)nc2sc3c(ncn4nc(COc5cccc6ccccc56)nc34)c12. The highest BCUT2D eigenvalue weighted by molar-refractivity contribution is 7.26. The quantitative estimate of drug-likeness (QED) is 0.338. The predicted octanol–water partition coefficient (Wildman–Crippen LogP) is 5.87. The van der Waals surface area contributed by atoms with Crippen LogP contribution < -0.4 is 4.74 Å². The van der Waals surface area contributed by atoms with Crippen molar-refractivity contribution in [2.24, 2.45) is 0 Å². The molecule has 6 rings (SSSR count). The van der Waals surface area contributed by atoms with Crippen LogP contribution in [0.25, 0.3) is 36.9 Å². The molecule has 0 saturated carbocycles. The number of halogens is 2. The fourth-order valence-corrected chi connectivity index (χ4v) is 5.10. The maximum atomic E-state index is 13.2. The van der Waals surface area contributed by atoms with E-state index < -0.39 is 6.43 Å². The molecule has 0 aliphatic rings. The van der Waals surface area contributed by atoms with Crippen molar-refractivity contribution in [1.29, 1.82) is 0 Å². The molecule has 0 radical (unpaired) electrons. The van der Waals surface area contributed by atoms with Gasteiger partial charge in [0.1, 0.15) is 33.9 Å². The van der Waals surface area contributed by atoms with Crippen LogP contribution in [0.2, 0.25) is 0 Å². The molecule has 0 unspecified atom stereocenters. The molecule has 0 amide bonds. The van der Waals surface area contributed by atoms with Crippen molar-refractivity contribution in [3.63, 3.8) is 0 Å². The number of fused-ring (bicyclic) bond motifs is 6. The molecule has 0 atom stereocenters. The maximum absolute atomic E-state index is 13.2. The first-order chi connectivity index (χ1) is 15.6. The van der Waals surface area contributed by atoms with Gasteiger partial charge in [-0.3, -0.25) is 0 Å². The van der Waals surface area contributed by atoms with Crippen LogP contribution in [0.3, 0.4) is 0 Å². The first-order valence-corrected chi connectivity index (χ1v) is 10.7. The molecule has 6 aromatic rings. The molecule has 9 heteroatoms. The summed E-state index contributed by atoms with van der Waals surface area (Å²) < 4.78 is 34.8. The lowest BCUT2D eigenvalue weighted by Gasteiger charge is -2.07. The molecule has 0 N–H and O–H groups in total. The van der Waals surface area contributed by atoms with Gasteiger partial charge in [0.05, 0.1) is 5.52 Å². The van der Waals surface area contributed by atoms with Gasteiger partial charge in [-0.05, 0) is 30.0 Å². The number of hydrogen-bond donors (Lipinski definition) is 0. The van der Waals surface area contributed by atoms with Crippen molar-refractivity contribution in [2.75, 3.05) is 0 Å². The van der Waals surface area contributed by atoms with E-state index in [1.54, 1.807) is 17.8 Å². The van der Waals surface area contributed by atoms with E-state index >= 15 is 0 Å². The van der Waals surface area contributed by atoms with Gasteiger partial charge in [-0.2, -0.15) is 0 Å². The highest BCUT2D eigenvalue weighted by Crippen LogP contribution is 2.36. The van der Waals surface area contributed by atoms with Gasteiger partial charge in [0.15, 0.2) is 11.5 Å². The van der Waals surface area contributed by atoms with Gasteiger partial charge in [0.25, 0.3) is 6.43 Å². The van der Waals surface area contributed by atoms with Crippen molar-refractivity contribution in [3.8, 4) is 5.75 Å². The second-order valence-corrected chi connectivity index (χ2v) is 8.43. The van der Waals surface area contributed by atoms with E-state index in [1.807, 2.05) is 42.5 Å².